The molecule has 1 unspecified atom stereocenters. The van der Waals surface area contributed by atoms with Crippen molar-refractivity contribution in [2.45, 2.75) is 13.0 Å². The van der Waals surface area contributed by atoms with Gasteiger partial charge in [-0.2, -0.15) is 0 Å². The first kappa shape index (κ1) is 12.2. The Morgan fingerprint density at radius 2 is 2.35 bits per heavy atom. The average molecular weight is 299 g/mol. The van der Waals surface area contributed by atoms with Gasteiger partial charge in [-0.25, -0.2) is 4.79 Å². The van der Waals surface area contributed by atoms with Gasteiger partial charge in [-0.3, -0.25) is 0 Å². The Bertz CT molecular complexity index is 437. The van der Waals surface area contributed by atoms with E-state index in [2.05, 4.69) is 21.2 Å². The first-order valence-corrected chi connectivity index (χ1v) is 6.34. The summed E-state index contributed by atoms with van der Waals surface area (Å²) in [5.74, 6) is 0.802. The molecule has 0 saturated carbocycles. The van der Waals surface area contributed by atoms with Gasteiger partial charge in [-0.1, -0.05) is 15.9 Å². The normalized spacial score (nSPS) is 19.4. The molecule has 1 aliphatic heterocycles. The molecule has 4 nitrogen and oxygen atoms in total. The summed E-state index contributed by atoms with van der Waals surface area (Å²) < 4.78 is 6.31. The Labute approximate surface area is 109 Å². The molecule has 0 aliphatic carbocycles. The van der Waals surface area contributed by atoms with Crippen LogP contribution in [-0.4, -0.2) is 31.1 Å². The zero-order chi connectivity index (χ0) is 12.4. The second-order valence-corrected chi connectivity index (χ2v) is 4.84. The molecule has 92 valence electrons. The van der Waals surface area contributed by atoms with Crippen LogP contribution in [-0.2, 0) is 0 Å². The Morgan fingerprint density at radius 1 is 1.59 bits per heavy atom. The molecule has 1 heterocycles. The number of halogens is 1. The minimum atomic E-state index is -0.0143. The number of ether oxygens (including phenoxy) is 1. The molecule has 1 fully saturated rings. The van der Waals surface area contributed by atoms with Gasteiger partial charge >= 0.3 is 6.03 Å². The molecular formula is C12H15BrN2O2. The molecule has 1 aromatic rings. The van der Waals surface area contributed by atoms with Crippen molar-refractivity contribution in [3.05, 3.63) is 28.2 Å². The lowest BCUT2D eigenvalue weighted by atomic mass is 10.1. The number of likely N-dealkylation sites (N-methyl/N-ethyl adjacent to an activating group) is 1. The highest BCUT2D eigenvalue weighted by Gasteiger charge is 2.30. The molecule has 1 saturated heterocycles. The van der Waals surface area contributed by atoms with E-state index in [9.17, 15) is 4.79 Å². The molecule has 0 spiro atoms. The van der Waals surface area contributed by atoms with Crippen molar-refractivity contribution in [1.82, 2.24) is 10.2 Å². The van der Waals surface area contributed by atoms with Crippen LogP contribution >= 0.6 is 15.9 Å². The number of amides is 2. The third-order valence-electron chi connectivity index (χ3n) is 2.94. The number of urea groups is 1. The molecule has 0 aromatic heterocycles. The average Bonchev–Trinajstić information content (AvgIpc) is 2.70. The van der Waals surface area contributed by atoms with Crippen molar-refractivity contribution in [1.29, 1.82) is 0 Å². The van der Waals surface area contributed by atoms with Crippen molar-refractivity contribution in [2.75, 3.05) is 20.2 Å². The van der Waals surface area contributed by atoms with Crippen LogP contribution in [0.3, 0.4) is 0 Å². The van der Waals surface area contributed by atoms with Crippen LogP contribution in [0.1, 0.15) is 18.5 Å². The summed E-state index contributed by atoms with van der Waals surface area (Å²) >= 11 is 3.44. The maximum atomic E-state index is 11.6. The van der Waals surface area contributed by atoms with Gasteiger partial charge in [-0.15, -0.1) is 0 Å². The van der Waals surface area contributed by atoms with E-state index in [0.717, 1.165) is 22.3 Å². The van der Waals surface area contributed by atoms with Crippen LogP contribution in [0.2, 0.25) is 0 Å². The summed E-state index contributed by atoms with van der Waals surface area (Å²) in [6.07, 6.45) is 0. The van der Waals surface area contributed by atoms with Gasteiger partial charge in [0.15, 0.2) is 0 Å². The van der Waals surface area contributed by atoms with E-state index in [1.54, 1.807) is 12.0 Å². The second kappa shape index (κ2) is 4.96. The van der Waals surface area contributed by atoms with Crippen LogP contribution < -0.4 is 10.1 Å². The van der Waals surface area contributed by atoms with Gasteiger partial charge in [0.2, 0.25) is 0 Å². The molecule has 2 amide bonds. The van der Waals surface area contributed by atoms with Gasteiger partial charge in [0.05, 0.1) is 13.2 Å². The highest BCUT2D eigenvalue weighted by atomic mass is 79.9. The SMILES string of the molecule is CCN1CC(c2cc(Br)ccc2OC)NC1=O. The summed E-state index contributed by atoms with van der Waals surface area (Å²) in [7, 11) is 1.64. The van der Waals surface area contributed by atoms with E-state index in [0.29, 0.717) is 6.54 Å². The lowest BCUT2D eigenvalue weighted by Gasteiger charge is -2.15. The minimum absolute atomic E-state index is 0.00472. The quantitative estimate of drug-likeness (QED) is 0.932. The largest absolute Gasteiger partial charge is 0.496 e. The maximum absolute atomic E-state index is 11.6. The molecule has 1 N–H and O–H groups in total. The number of benzene rings is 1. The van der Waals surface area contributed by atoms with Crippen LogP contribution in [0.25, 0.3) is 0 Å². The van der Waals surface area contributed by atoms with Gasteiger partial charge in [0.25, 0.3) is 0 Å². The molecule has 0 bridgehead atoms. The standard InChI is InChI=1S/C12H15BrN2O2/c1-3-15-7-10(14-12(15)16)9-6-8(13)4-5-11(9)17-2/h4-6,10H,3,7H2,1-2H3,(H,14,16). The highest BCUT2D eigenvalue weighted by Crippen LogP contribution is 2.31. The molecule has 5 heteroatoms. The van der Waals surface area contributed by atoms with Gasteiger partial charge in [-0.05, 0) is 25.1 Å². The highest BCUT2D eigenvalue weighted by molar-refractivity contribution is 9.10. The second-order valence-electron chi connectivity index (χ2n) is 3.93. The van der Waals surface area contributed by atoms with Gasteiger partial charge in [0.1, 0.15) is 5.75 Å². The Morgan fingerprint density at radius 3 is 2.94 bits per heavy atom. The van der Waals surface area contributed by atoms with E-state index in [4.69, 9.17) is 4.74 Å². The lowest BCUT2D eigenvalue weighted by Crippen LogP contribution is -2.27. The number of carbonyl (C=O) groups excluding carboxylic acids is 1. The summed E-state index contributed by atoms with van der Waals surface area (Å²) in [5.41, 5.74) is 1.01. The third-order valence-corrected chi connectivity index (χ3v) is 3.43. The fourth-order valence-electron chi connectivity index (χ4n) is 2.02. The van der Waals surface area contributed by atoms with Gasteiger partial charge < -0.3 is 15.0 Å². The number of hydrogen-bond donors (Lipinski definition) is 1. The van der Waals surface area contributed by atoms with E-state index in [-0.39, 0.29) is 12.1 Å². The minimum Gasteiger partial charge on any atom is -0.496 e. The molecule has 1 atom stereocenters. The molecule has 0 radical (unpaired) electrons. The number of nitrogens with one attached hydrogen (secondary N) is 1. The van der Waals surface area contributed by atoms with Gasteiger partial charge in [0, 0.05) is 23.1 Å². The summed E-state index contributed by atoms with van der Waals surface area (Å²) in [5, 5.41) is 2.96. The molecule has 17 heavy (non-hydrogen) atoms. The summed E-state index contributed by atoms with van der Waals surface area (Å²) in [6.45, 7) is 3.38. The Hall–Kier alpha value is -1.23. The summed E-state index contributed by atoms with van der Waals surface area (Å²) in [4.78, 5) is 13.4. The smallest absolute Gasteiger partial charge is 0.318 e. The number of nitrogens with zero attached hydrogens (tertiary/aromatic N) is 1. The number of rotatable bonds is 3. The van der Waals surface area contributed by atoms with Crippen molar-refractivity contribution < 1.29 is 9.53 Å². The Balaban J connectivity index is 2.29. The zero-order valence-electron chi connectivity index (χ0n) is 9.87. The third kappa shape index (κ3) is 2.39. The number of hydrogen-bond acceptors (Lipinski definition) is 2. The fourth-order valence-corrected chi connectivity index (χ4v) is 2.39. The Kier molecular flexibility index (Phi) is 3.57. The number of carbonyl (C=O) groups is 1. The van der Waals surface area contributed by atoms with E-state index < -0.39 is 0 Å². The van der Waals surface area contributed by atoms with Crippen molar-refractivity contribution in [3.63, 3.8) is 0 Å². The summed E-state index contributed by atoms with van der Waals surface area (Å²) in [6, 6.07) is 5.80. The van der Waals surface area contributed by atoms with Crippen molar-refractivity contribution in [3.8, 4) is 5.75 Å². The van der Waals surface area contributed by atoms with Crippen LogP contribution in [0.15, 0.2) is 22.7 Å². The monoisotopic (exact) mass is 298 g/mol. The predicted octanol–water partition coefficient (Wildman–Crippen LogP) is 2.54. The number of methoxy groups -OCH3 is 1. The first-order chi connectivity index (χ1) is 8.15. The molecule has 1 aliphatic rings. The first-order valence-electron chi connectivity index (χ1n) is 5.54. The predicted molar refractivity (Wildman–Crippen MR) is 69.2 cm³/mol. The lowest BCUT2D eigenvalue weighted by molar-refractivity contribution is 0.219. The topological polar surface area (TPSA) is 41.6 Å². The van der Waals surface area contributed by atoms with E-state index in [1.807, 2.05) is 25.1 Å². The maximum Gasteiger partial charge on any atom is 0.318 e. The van der Waals surface area contributed by atoms with Crippen molar-refractivity contribution in [2.24, 2.45) is 0 Å². The molecule has 2 rings (SSSR count). The molecule has 1 aromatic carbocycles. The van der Waals surface area contributed by atoms with Crippen LogP contribution in [0.5, 0.6) is 5.75 Å². The van der Waals surface area contributed by atoms with Crippen LogP contribution in [0.4, 0.5) is 4.79 Å². The van der Waals surface area contributed by atoms with Crippen LogP contribution in [0, 0.1) is 0 Å². The van der Waals surface area contributed by atoms with E-state index >= 15 is 0 Å². The van der Waals surface area contributed by atoms with E-state index in [1.165, 1.54) is 0 Å². The van der Waals surface area contributed by atoms with Crippen molar-refractivity contribution >= 4 is 22.0 Å². The molecular weight excluding hydrogens is 284 g/mol. The zero-order valence-corrected chi connectivity index (χ0v) is 11.5. The fraction of sp³-hybridized carbons (Fsp3) is 0.417.